The molecule has 0 amide bonds. The van der Waals surface area contributed by atoms with Gasteiger partial charge in [0.2, 0.25) is 5.89 Å². The van der Waals surface area contributed by atoms with Gasteiger partial charge in [-0.05, 0) is 39.3 Å². The molecule has 0 bridgehead atoms. The predicted molar refractivity (Wildman–Crippen MR) is 101 cm³/mol. The molecule has 1 aliphatic rings. The lowest BCUT2D eigenvalue weighted by Gasteiger charge is -2.23. The van der Waals surface area contributed by atoms with E-state index in [2.05, 4.69) is 62.8 Å². The van der Waals surface area contributed by atoms with Crippen molar-refractivity contribution in [1.29, 1.82) is 0 Å². The number of aromatic nitrogens is 1. The van der Waals surface area contributed by atoms with E-state index in [0.29, 0.717) is 24.5 Å². The molecule has 2 unspecified atom stereocenters. The first kappa shape index (κ1) is 17.3. The van der Waals surface area contributed by atoms with Crippen molar-refractivity contribution in [1.82, 2.24) is 15.6 Å². The SMILES string of the molecule is CN=C(NCc1nc(C)c(C)o1)NC1CC(C)N(c2ccccc2)C1. The van der Waals surface area contributed by atoms with Gasteiger partial charge in [-0.3, -0.25) is 4.99 Å². The molecule has 1 aliphatic heterocycles. The summed E-state index contributed by atoms with van der Waals surface area (Å²) in [6.07, 6.45) is 1.08. The molecule has 0 saturated carbocycles. The standard InChI is InChI=1S/C19H27N5O/c1-13-10-16(12-24(13)17-8-6-5-7-9-17)23-19(20-4)21-11-18-22-14(2)15(3)25-18/h5-9,13,16H,10-12H2,1-4H3,(H2,20,21,23). The first-order valence-corrected chi connectivity index (χ1v) is 8.78. The van der Waals surface area contributed by atoms with Crippen LogP contribution in [-0.2, 0) is 6.54 Å². The van der Waals surface area contributed by atoms with Crippen molar-refractivity contribution in [3.8, 4) is 0 Å². The van der Waals surface area contributed by atoms with E-state index >= 15 is 0 Å². The Bertz CT molecular complexity index is 705. The van der Waals surface area contributed by atoms with E-state index in [1.54, 1.807) is 7.05 Å². The second-order valence-electron chi connectivity index (χ2n) is 6.59. The van der Waals surface area contributed by atoms with Crippen LogP contribution < -0.4 is 15.5 Å². The molecule has 6 nitrogen and oxygen atoms in total. The third-order valence-corrected chi connectivity index (χ3v) is 4.71. The Morgan fingerprint density at radius 2 is 2.08 bits per heavy atom. The van der Waals surface area contributed by atoms with Crippen molar-refractivity contribution >= 4 is 11.6 Å². The fourth-order valence-corrected chi connectivity index (χ4v) is 3.28. The van der Waals surface area contributed by atoms with Crippen LogP contribution in [0.25, 0.3) is 0 Å². The van der Waals surface area contributed by atoms with Crippen molar-refractivity contribution in [3.05, 3.63) is 47.7 Å². The second kappa shape index (κ2) is 7.59. The van der Waals surface area contributed by atoms with Gasteiger partial charge in [0.1, 0.15) is 5.76 Å². The number of anilines is 1. The number of oxazole rings is 1. The zero-order valence-electron chi connectivity index (χ0n) is 15.4. The molecule has 2 aromatic rings. The van der Waals surface area contributed by atoms with Gasteiger partial charge < -0.3 is 20.0 Å². The van der Waals surface area contributed by atoms with Gasteiger partial charge in [-0.15, -0.1) is 0 Å². The summed E-state index contributed by atoms with van der Waals surface area (Å²) in [4.78, 5) is 11.2. The Hall–Kier alpha value is -2.50. The van der Waals surface area contributed by atoms with E-state index in [4.69, 9.17) is 4.42 Å². The van der Waals surface area contributed by atoms with Crippen LogP contribution in [0.1, 0.15) is 30.7 Å². The Kier molecular flexibility index (Phi) is 5.26. The van der Waals surface area contributed by atoms with Gasteiger partial charge >= 0.3 is 0 Å². The molecule has 1 fully saturated rings. The molecule has 25 heavy (non-hydrogen) atoms. The minimum atomic E-state index is 0.356. The van der Waals surface area contributed by atoms with Crippen molar-refractivity contribution in [2.24, 2.45) is 4.99 Å². The van der Waals surface area contributed by atoms with Crippen LogP contribution in [0.5, 0.6) is 0 Å². The van der Waals surface area contributed by atoms with Crippen LogP contribution in [0, 0.1) is 13.8 Å². The van der Waals surface area contributed by atoms with Crippen molar-refractivity contribution < 1.29 is 4.42 Å². The maximum Gasteiger partial charge on any atom is 0.214 e. The molecule has 0 radical (unpaired) electrons. The average Bonchev–Trinajstić information content (AvgIpc) is 3.14. The highest BCUT2D eigenvalue weighted by Gasteiger charge is 2.29. The lowest BCUT2D eigenvalue weighted by Crippen LogP contribution is -2.44. The fourth-order valence-electron chi connectivity index (χ4n) is 3.28. The van der Waals surface area contributed by atoms with Gasteiger partial charge in [-0.2, -0.15) is 0 Å². The van der Waals surface area contributed by atoms with Gasteiger partial charge in [0.25, 0.3) is 0 Å². The van der Waals surface area contributed by atoms with Crippen LogP contribution in [-0.4, -0.2) is 36.6 Å². The van der Waals surface area contributed by atoms with Crippen LogP contribution in [0.15, 0.2) is 39.7 Å². The second-order valence-corrected chi connectivity index (χ2v) is 6.59. The van der Waals surface area contributed by atoms with Gasteiger partial charge in [-0.25, -0.2) is 4.98 Å². The predicted octanol–water partition coefficient (Wildman–Crippen LogP) is 2.62. The number of hydrogen-bond acceptors (Lipinski definition) is 4. The fraction of sp³-hybridized carbons (Fsp3) is 0.474. The van der Waals surface area contributed by atoms with E-state index in [1.165, 1.54) is 5.69 Å². The highest BCUT2D eigenvalue weighted by Crippen LogP contribution is 2.25. The molecule has 134 valence electrons. The smallest absolute Gasteiger partial charge is 0.214 e. The largest absolute Gasteiger partial charge is 0.444 e. The quantitative estimate of drug-likeness (QED) is 0.661. The zero-order valence-corrected chi connectivity index (χ0v) is 15.4. The Morgan fingerprint density at radius 1 is 1.32 bits per heavy atom. The minimum Gasteiger partial charge on any atom is -0.444 e. The molecule has 6 heteroatoms. The number of nitrogens with zero attached hydrogens (tertiary/aromatic N) is 3. The third-order valence-electron chi connectivity index (χ3n) is 4.71. The number of hydrogen-bond donors (Lipinski definition) is 2. The number of benzene rings is 1. The maximum absolute atomic E-state index is 5.61. The summed E-state index contributed by atoms with van der Waals surface area (Å²) in [5, 5.41) is 6.80. The number of aryl methyl sites for hydroxylation is 2. The number of nitrogens with one attached hydrogen (secondary N) is 2. The first-order chi connectivity index (χ1) is 12.1. The summed E-state index contributed by atoms with van der Waals surface area (Å²) in [5.74, 6) is 2.33. The van der Waals surface area contributed by atoms with Gasteiger partial charge in [0.05, 0.1) is 12.2 Å². The topological polar surface area (TPSA) is 65.7 Å². The van der Waals surface area contributed by atoms with E-state index in [1.807, 2.05) is 13.8 Å². The molecule has 2 N–H and O–H groups in total. The highest BCUT2D eigenvalue weighted by molar-refractivity contribution is 5.80. The monoisotopic (exact) mass is 341 g/mol. The average molecular weight is 341 g/mol. The van der Waals surface area contributed by atoms with E-state index in [-0.39, 0.29) is 0 Å². The van der Waals surface area contributed by atoms with Gasteiger partial charge in [0.15, 0.2) is 5.96 Å². The van der Waals surface area contributed by atoms with Crippen molar-refractivity contribution in [3.63, 3.8) is 0 Å². The molecule has 2 atom stereocenters. The zero-order chi connectivity index (χ0) is 17.8. The maximum atomic E-state index is 5.61. The molecule has 2 heterocycles. The molecule has 1 aromatic heterocycles. The Morgan fingerprint density at radius 3 is 2.72 bits per heavy atom. The molecule has 1 aromatic carbocycles. The number of guanidine groups is 1. The Balaban J connectivity index is 1.55. The summed E-state index contributed by atoms with van der Waals surface area (Å²) < 4.78 is 5.61. The van der Waals surface area contributed by atoms with Crippen LogP contribution in [0.4, 0.5) is 5.69 Å². The van der Waals surface area contributed by atoms with Gasteiger partial charge in [-0.1, -0.05) is 18.2 Å². The number of aliphatic imine (C=N–C) groups is 1. The first-order valence-electron chi connectivity index (χ1n) is 8.78. The summed E-state index contributed by atoms with van der Waals surface area (Å²) in [6, 6.07) is 11.4. The molecule has 0 aliphatic carbocycles. The number of rotatable bonds is 4. The lowest BCUT2D eigenvalue weighted by molar-refractivity contribution is 0.462. The molecule has 0 spiro atoms. The Labute approximate surface area is 149 Å². The van der Waals surface area contributed by atoms with E-state index in [9.17, 15) is 0 Å². The normalized spacial score (nSPS) is 20.8. The highest BCUT2D eigenvalue weighted by atomic mass is 16.4. The van der Waals surface area contributed by atoms with Crippen LogP contribution in [0.3, 0.4) is 0 Å². The van der Waals surface area contributed by atoms with Crippen molar-refractivity contribution in [2.45, 2.75) is 45.8 Å². The molecule has 1 saturated heterocycles. The lowest BCUT2D eigenvalue weighted by atomic mass is 10.2. The van der Waals surface area contributed by atoms with E-state index < -0.39 is 0 Å². The van der Waals surface area contributed by atoms with E-state index in [0.717, 1.165) is 30.4 Å². The molecular formula is C19H27N5O. The minimum absolute atomic E-state index is 0.356. The summed E-state index contributed by atoms with van der Waals surface area (Å²) in [5.41, 5.74) is 2.20. The van der Waals surface area contributed by atoms with Gasteiger partial charge in [0, 0.05) is 31.4 Å². The number of para-hydroxylation sites is 1. The third kappa shape index (κ3) is 4.13. The summed E-state index contributed by atoms with van der Waals surface area (Å²) in [7, 11) is 1.79. The molecular weight excluding hydrogens is 314 g/mol. The molecule has 3 rings (SSSR count). The summed E-state index contributed by atoms with van der Waals surface area (Å²) in [6.45, 7) is 7.63. The van der Waals surface area contributed by atoms with Crippen LogP contribution >= 0.6 is 0 Å². The van der Waals surface area contributed by atoms with Crippen molar-refractivity contribution in [2.75, 3.05) is 18.5 Å². The van der Waals surface area contributed by atoms with Crippen LogP contribution in [0.2, 0.25) is 0 Å². The summed E-state index contributed by atoms with van der Waals surface area (Å²) >= 11 is 0.